The molecule has 5 heteroatoms. The first kappa shape index (κ1) is 10.8. The van der Waals surface area contributed by atoms with E-state index in [2.05, 4.69) is 31.2 Å². The first-order valence-electron chi connectivity index (χ1n) is 5.17. The zero-order valence-corrected chi connectivity index (χ0v) is 10.0. The third kappa shape index (κ3) is 3.43. The molecule has 1 aliphatic heterocycles. The lowest BCUT2D eigenvalue weighted by atomic mass is 10.2. The summed E-state index contributed by atoms with van der Waals surface area (Å²) in [6.07, 6.45) is 7.30. The molecule has 1 aliphatic rings. The van der Waals surface area contributed by atoms with Crippen LogP contribution < -0.4 is 5.32 Å². The van der Waals surface area contributed by atoms with Gasteiger partial charge in [0.2, 0.25) is 5.95 Å². The number of rotatable bonds is 4. The minimum absolute atomic E-state index is 0.424. The Labute approximate surface area is 97.6 Å². The number of anilines is 1. The van der Waals surface area contributed by atoms with Crippen LogP contribution >= 0.6 is 15.9 Å². The van der Waals surface area contributed by atoms with Gasteiger partial charge < -0.3 is 10.1 Å². The molecule has 1 N–H and O–H groups in total. The van der Waals surface area contributed by atoms with Crippen LogP contribution in [-0.2, 0) is 4.74 Å². The normalized spacial score (nSPS) is 20.5. The smallest absolute Gasteiger partial charge is 0.222 e. The van der Waals surface area contributed by atoms with Crippen LogP contribution in [0.25, 0.3) is 0 Å². The molecule has 0 spiro atoms. The monoisotopic (exact) mass is 271 g/mol. The van der Waals surface area contributed by atoms with Gasteiger partial charge in [0.05, 0.1) is 10.6 Å². The highest BCUT2D eigenvalue weighted by molar-refractivity contribution is 9.10. The second-order valence-electron chi connectivity index (χ2n) is 3.58. The molecule has 0 bridgehead atoms. The molecule has 82 valence electrons. The van der Waals surface area contributed by atoms with E-state index in [-0.39, 0.29) is 0 Å². The SMILES string of the molecule is Brc1cnc(NCCC2CCCO2)nc1. The number of hydrogen-bond donors (Lipinski definition) is 1. The summed E-state index contributed by atoms with van der Waals surface area (Å²) < 4.78 is 6.42. The summed E-state index contributed by atoms with van der Waals surface area (Å²) in [5, 5.41) is 3.18. The van der Waals surface area contributed by atoms with Crippen LogP contribution in [0.15, 0.2) is 16.9 Å². The van der Waals surface area contributed by atoms with E-state index in [9.17, 15) is 0 Å². The van der Waals surface area contributed by atoms with Crippen molar-refractivity contribution in [3.05, 3.63) is 16.9 Å². The highest BCUT2D eigenvalue weighted by Crippen LogP contribution is 2.15. The molecule has 1 aromatic rings. The Morgan fingerprint density at radius 2 is 2.27 bits per heavy atom. The summed E-state index contributed by atoms with van der Waals surface area (Å²) in [5.74, 6) is 0.677. The lowest BCUT2D eigenvalue weighted by Gasteiger charge is -2.09. The Kier molecular flexibility index (Phi) is 3.91. The Bertz CT molecular complexity index is 298. The number of nitrogens with zero attached hydrogens (tertiary/aromatic N) is 2. The van der Waals surface area contributed by atoms with Gasteiger partial charge in [-0.15, -0.1) is 0 Å². The summed E-state index contributed by atoms with van der Waals surface area (Å²) in [6.45, 7) is 1.78. The maximum atomic E-state index is 5.52. The summed E-state index contributed by atoms with van der Waals surface area (Å²) in [7, 11) is 0. The van der Waals surface area contributed by atoms with E-state index in [1.54, 1.807) is 12.4 Å². The van der Waals surface area contributed by atoms with Crippen LogP contribution in [0.5, 0.6) is 0 Å². The summed E-state index contributed by atoms with van der Waals surface area (Å²) in [6, 6.07) is 0. The molecule has 1 saturated heterocycles. The molecule has 1 unspecified atom stereocenters. The van der Waals surface area contributed by atoms with Crippen LogP contribution in [0.3, 0.4) is 0 Å². The van der Waals surface area contributed by atoms with Gasteiger partial charge in [0.25, 0.3) is 0 Å². The molecule has 0 aliphatic carbocycles. The molecule has 2 rings (SSSR count). The van der Waals surface area contributed by atoms with Gasteiger partial charge in [0.15, 0.2) is 0 Å². The zero-order valence-electron chi connectivity index (χ0n) is 8.45. The number of ether oxygens (including phenoxy) is 1. The van der Waals surface area contributed by atoms with Gasteiger partial charge in [-0.2, -0.15) is 0 Å². The molecule has 0 amide bonds. The lowest BCUT2D eigenvalue weighted by Crippen LogP contribution is -2.13. The number of halogens is 1. The van der Waals surface area contributed by atoms with Crippen molar-refractivity contribution < 1.29 is 4.74 Å². The van der Waals surface area contributed by atoms with Crippen molar-refractivity contribution in [2.75, 3.05) is 18.5 Å². The molecule has 1 fully saturated rings. The van der Waals surface area contributed by atoms with Gasteiger partial charge in [-0.05, 0) is 35.2 Å². The van der Waals surface area contributed by atoms with Gasteiger partial charge in [0, 0.05) is 25.5 Å². The molecule has 0 radical (unpaired) electrons. The van der Waals surface area contributed by atoms with Crippen molar-refractivity contribution in [3.8, 4) is 0 Å². The number of aromatic nitrogens is 2. The standard InChI is InChI=1S/C10H14BrN3O/c11-8-6-13-10(14-7-8)12-4-3-9-2-1-5-15-9/h6-7,9H,1-5H2,(H,12,13,14). The largest absolute Gasteiger partial charge is 0.378 e. The Morgan fingerprint density at radius 1 is 1.47 bits per heavy atom. The molecular formula is C10H14BrN3O. The maximum absolute atomic E-state index is 5.52. The lowest BCUT2D eigenvalue weighted by molar-refractivity contribution is 0.107. The average molecular weight is 272 g/mol. The molecule has 0 saturated carbocycles. The van der Waals surface area contributed by atoms with Gasteiger partial charge in [-0.1, -0.05) is 0 Å². The van der Waals surface area contributed by atoms with E-state index >= 15 is 0 Å². The number of nitrogens with one attached hydrogen (secondary N) is 1. The molecule has 1 atom stereocenters. The highest BCUT2D eigenvalue weighted by Gasteiger charge is 2.14. The Balaban J connectivity index is 1.71. The fraction of sp³-hybridized carbons (Fsp3) is 0.600. The second-order valence-corrected chi connectivity index (χ2v) is 4.49. The highest BCUT2D eigenvalue weighted by atomic mass is 79.9. The van der Waals surface area contributed by atoms with Gasteiger partial charge in [0.1, 0.15) is 0 Å². The molecule has 4 nitrogen and oxygen atoms in total. The van der Waals surface area contributed by atoms with Crippen molar-refractivity contribution in [1.82, 2.24) is 9.97 Å². The summed E-state index contributed by atoms with van der Waals surface area (Å²) in [5.41, 5.74) is 0. The predicted molar refractivity (Wildman–Crippen MR) is 61.8 cm³/mol. The summed E-state index contributed by atoms with van der Waals surface area (Å²) in [4.78, 5) is 8.26. The van der Waals surface area contributed by atoms with Crippen LogP contribution in [-0.4, -0.2) is 29.2 Å². The molecule has 15 heavy (non-hydrogen) atoms. The van der Waals surface area contributed by atoms with E-state index in [4.69, 9.17) is 4.74 Å². The van der Waals surface area contributed by atoms with E-state index in [1.165, 1.54) is 12.8 Å². The topological polar surface area (TPSA) is 47.0 Å². The first-order chi connectivity index (χ1) is 7.34. The van der Waals surface area contributed by atoms with Crippen LogP contribution in [0.2, 0.25) is 0 Å². The summed E-state index contributed by atoms with van der Waals surface area (Å²) >= 11 is 3.29. The van der Waals surface area contributed by atoms with Crippen molar-refractivity contribution in [3.63, 3.8) is 0 Å². The quantitative estimate of drug-likeness (QED) is 0.913. The van der Waals surface area contributed by atoms with Crippen molar-refractivity contribution >= 4 is 21.9 Å². The van der Waals surface area contributed by atoms with E-state index in [0.29, 0.717) is 12.1 Å². The third-order valence-corrected chi connectivity index (χ3v) is 2.80. The average Bonchev–Trinajstić information content (AvgIpc) is 2.74. The van der Waals surface area contributed by atoms with Crippen molar-refractivity contribution in [1.29, 1.82) is 0 Å². The number of hydrogen-bond acceptors (Lipinski definition) is 4. The third-order valence-electron chi connectivity index (χ3n) is 2.39. The molecule has 2 heterocycles. The van der Waals surface area contributed by atoms with Gasteiger partial charge in [-0.3, -0.25) is 0 Å². The van der Waals surface area contributed by atoms with Crippen molar-refractivity contribution in [2.24, 2.45) is 0 Å². The van der Waals surface area contributed by atoms with Crippen LogP contribution in [0, 0.1) is 0 Å². The predicted octanol–water partition coefficient (Wildman–Crippen LogP) is 2.22. The van der Waals surface area contributed by atoms with Crippen molar-refractivity contribution in [2.45, 2.75) is 25.4 Å². The first-order valence-corrected chi connectivity index (χ1v) is 5.97. The molecule has 0 aromatic carbocycles. The fourth-order valence-electron chi connectivity index (χ4n) is 1.62. The molecular weight excluding hydrogens is 258 g/mol. The minimum Gasteiger partial charge on any atom is -0.378 e. The minimum atomic E-state index is 0.424. The van der Waals surface area contributed by atoms with Gasteiger partial charge in [-0.25, -0.2) is 9.97 Å². The Hall–Kier alpha value is -0.680. The Morgan fingerprint density at radius 3 is 2.93 bits per heavy atom. The van der Waals surface area contributed by atoms with E-state index < -0.39 is 0 Å². The molecule has 1 aromatic heterocycles. The fourth-order valence-corrected chi connectivity index (χ4v) is 1.83. The van der Waals surface area contributed by atoms with E-state index in [1.807, 2.05) is 0 Å². The van der Waals surface area contributed by atoms with Gasteiger partial charge >= 0.3 is 0 Å². The second kappa shape index (κ2) is 5.42. The van der Waals surface area contributed by atoms with Crippen LogP contribution in [0.1, 0.15) is 19.3 Å². The van der Waals surface area contributed by atoms with E-state index in [0.717, 1.165) is 24.0 Å². The maximum Gasteiger partial charge on any atom is 0.222 e. The van der Waals surface area contributed by atoms with Crippen LogP contribution in [0.4, 0.5) is 5.95 Å². The zero-order chi connectivity index (χ0) is 10.5.